The number of benzene rings is 2. The number of halogens is 1. The van der Waals surface area contributed by atoms with Gasteiger partial charge in [-0.15, -0.1) is 11.8 Å². The third kappa shape index (κ3) is 7.45. The molecule has 7 heteroatoms. The number of ketones is 1. The van der Waals surface area contributed by atoms with E-state index < -0.39 is 11.9 Å². The molecule has 0 saturated heterocycles. The molecule has 0 aliphatic heterocycles. The highest BCUT2D eigenvalue weighted by Crippen LogP contribution is 2.21. The van der Waals surface area contributed by atoms with Crippen LogP contribution in [0.4, 0.5) is 5.69 Å². The third-order valence-corrected chi connectivity index (χ3v) is 4.90. The van der Waals surface area contributed by atoms with E-state index >= 15 is 0 Å². The molecule has 0 fully saturated rings. The number of para-hydroxylation sites is 1. The number of carbonyl (C=O) groups excluding carboxylic acids is 3. The fourth-order valence-corrected chi connectivity index (χ4v) is 3.22. The van der Waals surface area contributed by atoms with Crippen molar-refractivity contribution in [3.8, 4) is 0 Å². The van der Waals surface area contributed by atoms with Crippen LogP contribution in [0.15, 0.2) is 53.4 Å². The molecule has 0 atom stereocenters. The molecule has 2 aromatic carbocycles. The molecule has 0 aromatic heterocycles. The molecule has 0 spiro atoms. The summed E-state index contributed by atoms with van der Waals surface area (Å²) in [6, 6.07) is 14.2. The minimum absolute atomic E-state index is 0.152. The van der Waals surface area contributed by atoms with Crippen molar-refractivity contribution in [1.29, 1.82) is 0 Å². The van der Waals surface area contributed by atoms with E-state index in [9.17, 15) is 14.4 Å². The van der Waals surface area contributed by atoms with Crippen LogP contribution < -0.4 is 5.32 Å². The Hall–Kier alpha value is -2.31. The Kier molecular flexibility index (Phi) is 8.36. The number of ether oxygens (including phenoxy) is 1. The van der Waals surface area contributed by atoms with Crippen molar-refractivity contribution >= 4 is 46.7 Å². The summed E-state index contributed by atoms with van der Waals surface area (Å²) in [6.45, 7) is 1.04. The van der Waals surface area contributed by atoms with Crippen LogP contribution in [-0.2, 0) is 14.3 Å². The lowest BCUT2D eigenvalue weighted by Gasteiger charge is -2.09. The van der Waals surface area contributed by atoms with Crippen molar-refractivity contribution < 1.29 is 19.1 Å². The summed E-state index contributed by atoms with van der Waals surface area (Å²) in [6.07, 6.45) is 0.874. The van der Waals surface area contributed by atoms with Gasteiger partial charge in [0.25, 0.3) is 5.91 Å². The van der Waals surface area contributed by atoms with Crippen LogP contribution in [0.3, 0.4) is 0 Å². The predicted molar refractivity (Wildman–Crippen MR) is 107 cm³/mol. The molecular weight excluding hydrogens is 386 g/mol. The maximum atomic E-state index is 11.9. The molecule has 27 heavy (non-hydrogen) atoms. The number of rotatable bonds is 9. The Balaban J connectivity index is 1.67. The summed E-state index contributed by atoms with van der Waals surface area (Å²) in [5, 5.41) is 3.28. The Morgan fingerprint density at radius 3 is 2.48 bits per heavy atom. The molecule has 0 heterocycles. The zero-order valence-electron chi connectivity index (χ0n) is 14.9. The molecule has 0 saturated carbocycles. The van der Waals surface area contributed by atoms with E-state index in [-0.39, 0.29) is 18.8 Å². The number of carbonyl (C=O) groups is 3. The van der Waals surface area contributed by atoms with E-state index in [1.54, 1.807) is 36.0 Å². The lowest BCUT2D eigenvalue weighted by molar-refractivity contribution is -0.147. The molecule has 0 bridgehead atoms. The fourth-order valence-electron chi connectivity index (χ4n) is 2.24. The minimum atomic E-state index is -0.479. The van der Waals surface area contributed by atoms with Crippen LogP contribution in [0.2, 0.25) is 5.02 Å². The molecule has 0 unspecified atom stereocenters. The van der Waals surface area contributed by atoms with Crippen molar-refractivity contribution in [3.05, 3.63) is 59.1 Å². The first-order valence-electron chi connectivity index (χ1n) is 8.39. The Morgan fingerprint density at radius 2 is 1.78 bits per heavy atom. The van der Waals surface area contributed by atoms with Crippen molar-refractivity contribution in [2.45, 2.75) is 24.7 Å². The van der Waals surface area contributed by atoms with Gasteiger partial charge in [-0.3, -0.25) is 14.4 Å². The maximum Gasteiger partial charge on any atom is 0.306 e. The number of nitrogens with one attached hydrogen (secondary N) is 1. The lowest BCUT2D eigenvalue weighted by Crippen LogP contribution is -2.21. The zero-order valence-corrected chi connectivity index (χ0v) is 16.4. The average molecular weight is 406 g/mol. The van der Waals surface area contributed by atoms with Gasteiger partial charge in [-0.05, 0) is 55.5 Å². The standard InChI is InChI=1S/C20H20ClNO4S/c1-14(23)17-5-2-3-6-18(17)22-19(24)13-26-20(25)7-4-12-27-16-10-8-15(21)9-11-16/h2-3,5-6,8-11H,4,7,12-13H2,1H3,(H,22,24). The topological polar surface area (TPSA) is 72.5 Å². The van der Waals surface area contributed by atoms with Crippen molar-refractivity contribution in [2.75, 3.05) is 17.7 Å². The second-order valence-corrected chi connectivity index (χ2v) is 7.32. The van der Waals surface area contributed by atoms with E-state index in [4.69, 9.17) is 16.3 Å². The second-order valence-electron chi connectivity index (χ2n) is 5.72. The number of anilines is 1. The van der Waals surface area contributed by atoms with Gasteiger partial charge in [-0.25, -0.2) is 0 Å². The number of amides is 1. The Labute approximate surface area is 167 Å². The fraction of sp³-hybridized carbons (Fsp3) is 0.250. The molecular formula is C20H20ClNO4S. The van der Waals surface area contributed by atoms with E-state index in [0.717, 1.165) is 10.6 Å². The van der Waals surface area contributed by atoms with E-state index in [1.807, 2.05) is 24.3 Å². The van der Waals surface area contributed by atoms with Gasteiger partial charge in [-0.2, -0.15) is 0 Å². The molecule has 5 nitrogen and oxygen atoms in total. The van der Waals surface area contributed by atoms with Crippen LogP contribution >= 0.6 is 23.4 Å². The van der Waals surface area contributed by atoms with Crippen LogP contribution in [0.5, 0.6) is 0 Å². The van der Waals surface area contributed by atoms with Crippen molar-refractivity contribution in [3.63, 3.8) is 0 Å². The van der Waals surface area contributed by atoms with Crippen molar-refractivity contribution in [2.24, 2.45) is 0 Å². The van der Waals surface area contributed by atoms with Gasteiger partial charge < -0.3 is 10.1 Å². The van der Waals surface area contributed by atoms with Gasteiger partial charge in [0, 0.05) is 21.9 Å². The van der Waals surface area contributed by atoms with Gasteiger partial charge in [-0.1, -0.05) is 23.7 Å². The summed E-state index contributed by atoms with van der Waals surface area (Å²) in [5.41, 5.74) is 0.821. The van der Waals surface area contributed by atoms with E-state index in [1.165, 1.54) is 6.92 Å². The van der Waals surface area contributed by atoms with E-state index in [0.29, 0.717) is 22.7 Å². The third-order valence-electron chi connectivity index (χ3n) is 3.55. The first kappa shape index (κ1) is 21.0. The van der Waals surface area contributed by atoms with Gasteiger partial charge in [0.2, 0.25) is 0 Å². The summed E-state index contributed by atoms with van der Waals surface area (Å²) in [7, 11) is 0. The maximum absolute atomic E-state index is 11.9. The molecule has 0 aliphatic carbocycles. The molecule has 1 N–H and O–H groups in total. The lowest BCUT2D eigenvalue weighted by atomic mass is 10.1. The molecule has 1 amide bonds. The molecule has 0 aliphatic rings. The average Bonchev–Trinajstić information content (AvgIpc) is 2.65. The van der Waals surface area contributed by atoms with E-state index in [2.05, 4.69) is 5.32 Å². The summed E-state index contributed by atoms with van der Waals surface area (Å²) in [5.74, 6) is -0.301. The zero-order chi connectivity index (χ0) is 19.6. The van der Waals surface area contributed by atoms with Crippen molar-refractivity contribution in [1.82, 2.24) is 0 Å². The Bertz CT molecular complexity index is 808. The normalized spacial score (nSPS) is 10.3. The summed E-state index contributed by atoms with van der Waals surface area (Å²) in [4.78, 5) is 36.3. The highest BCUT2D eigenvalue weighted by Gasteiger charge is 2.11. The molecule has 142 valence electrons. The minimum Gasteiger partial charge on any atom is -0.456 e. The monoisotopic (exact) mass is 405 g/mol. The quantitative estimate of drug-likeness (QED) is 0.286. The highest BCUT2D eigenvalue weighted by molar-refractivity contribution is 7.99. The molecule has 2 aromatic rings. The van der Waals surface area contributed by atoms with Gasteiger partial charge in [0.05, 0.1) is 5.69 Å². The number of Topliss-reactive ketones (excluding diaryl/α,β-unsaturated/α-hetero) is 1. The smallest absolute Gasteiger partial charge is 0.306 e. The first-order chi connectivity index (χ1) is 13.0. The predicted octanol–water partition coefficient (Wildman–Crippen LogP) is 4.60. The SMILES string of the molecule is CC(=O)c1ccccc1NC(=O)COC(=O)CCCSc1ccc(Cl)cc1. The molecule has 0 radical (unpaired) electrons. The van der Waals surface area contributed by atoms with Gasteiger partial charge in [0.15, 0.2) is 12.4 Å². The van der Waals surface area contributed by atoms with Gasteiger partial charge >= 0.3 is 5.97 Å². The van der Waals surface area contributed by atoms with Crippen LogP contribution in [0.25, 0.3) is 0 Å². The van der Waals surface area contributed by atoms with Gasteiger partial charge in [0.1, 0.15) is 0 Å². The Morgan fingerprint density at radius 1 is 1.07 bits per heavy atom. The summed E-state index contributed by atoms with van der Waals surface area (Å²) < 4.78 is 4.98. The number of hydrogen-bond donors (Lipinski definition) is 1. The highest BCUT2D eigenvalue weighted by atomic mass is 35.5. The number of hydrogen-bond acceptors (Lipinski definition) is 5. The second kappa shape index (κ2) is 10.7. The molecule has 2 rings (SSSR count). The first-order valence-corrected chi connectivity index (χ1v) is 9.76. The number of thioether (sulfide) groups is 1. The number of esters is 1. The van der Waals surface area contributed by atoms with Crippen LogP contribution in [-0.4, -0.2) is 30.0 Å². The van der Waals surface area contributed by atoms with Crippen LogP contribution in [0, 0.1) is 0 Å². The largest absolute Gasteiger partial charge is 0.456 e. The van der Waals surface area contributed by atoms with Crippen LogP contribution in [0.1, 0.15) is 30.1 Å². The summed E-state index contributed by atoms with van der Waals surface area (Å²) >= 11 is 7.45.